The Morgan fingerprint density at radius 1 is 1.43 bits per heavy atom. The maximum atomic E-state index is 12.4. The number of piperidine rings is 1. The molecular formula is C15H23N3O3. The summed E-state index contributed by atoms with van der Waals surface area (Å²) in [6.07, 6.45) is 3.42. The number of carbonyl (C=O) groups is 1. The molecule has 1 aromatic rings. The number of aromatic nitrogens is 1. The first kappa shape index (κ1) is 14.2. The number of anilines is 1. The lowest BCUT2D eigenvalue weighted by Crippen LogP contribution is -2.50. The number of carbonyl (C=O) groups excluding carboxylic acids is 1. The molecule has 1 aromatic heterocycles. The first-order chi connectivity index (χ1) is 9.85. The second-order valence-electron chi connectivity index (χ2n) is 6.89. The maximum Gasteiger partial charge on any atom is 0.410 e. The van der Waals surface area contributed by atoms with Crippen LogP contribution in [-0.2, 0) is 11.2 Å². The second kappa shape index (κ2) is 4.93. The van der Waals surface area contributed by atoms with E-state index in [1.165, 1.54) is 0 Å². The number of hydrogen-bond acceptors (Lipinski definition) is 5. The molecular weight excluding hydrogens is 270 g/mol. The molecule has 6 heteroatoms. The van der Waals surface area contributed by atoms with Gasteiger partial charge in [0.05, 0.1) is 5.69 Å². The standard InChI is InChI=1S/C15H23N3O3/c1-15(2,3)21-14(19)18-8-4-5-9-11(18)7-6-10-12(9)20-13(16)17-10/h9,11H,4-8H2,1-3H3,(H2,16,17). The van der Waals surface area contributed by atoms with E-state index in [1.54, 1.807) is 0 Å². The van der Waals surface area contributed by atoms with Gasteiger partial charge in [-0.1, -0.05) is 0 Å². The van der Waals surface area contributed by atoms with E-state index in [0.29, 0.717) is 0 Å². The minimum Gasteiger partial charge on any atom is -0.444 e. The zero-order valence-corrected chi connectivity index (χ0v) is 12.9. The number of nitrogen functional groups attached to an aromatic ring is 1. The third-order valence-corrected chi connectivity index (χ3v) is 4.16. The SMILES string of the molecule is CC(C)(C)OC(=O)N1CCCC2c3oc(N)nc3CCC21. The Kier molecular flexibility index (Phi) is 3.34. The summed E-state index contributed by atoms with van der Waals surface area (Å²) < 4.78 is 11.1. The quantitative estimate of drug-likeness (QED) is 0.795. The lowest BCUT2D eigenvalue weighted by Gasteiger charge is -2.42. The highest BCUT2D eigenvalue weighted by Crippen LogP contribution is 2.41. The van der Waals surface area contributed by atoms with E-state index in [4.69, 9.17) is 14.9 Å². The molecule has 1 saturated heterocycles. The van der Waals surface area contributed by atoms with Crippen molar-refractivity contribution in [2.75, 3.05) is 12.3 Å². The Bertz CT molecular complexity index is 547. The van der Waals surface area contributed by atoms with E-state index in [9.17, 15) is 4.79 Å². The van der Waals surface area contributed by atoms with Crippen LogP contribution in [0.3, 0.4) is 0 Å². The number of aryl methyl sites for hydroxylation is 1. The molecule has 0 aromatic carbocycles. The van der Waals surface area contributed by atoms with Crippen molar-refractivity contribution in [1.29, 1.82) is 0 Å². The van der Waals surface area contributed by atoms with Gasteiger partial charge in [0, 0.05) is 18.5 Å². The van der Waals surface area contributed by atoms with Gasteiger partial charge in [0.15, 0.2) is 0 Å². The van der Waals surface area contributed by atoms with Crippen LogP contribution in [-0.4, -0.2) is 34.2 Å². The van der Waals surface area contributed by atoms with Gasteiger partial charge in [-0.25, -0.2) is 4.79 Å². The Morgan fingerprint density at radius 2 is 2.19 bits per heavy atom. The molecule has 2 aliphatic rings. The van der Waals surface area contributed by atoms with Crippen molar-refractivity contribution in [1.82, 2.24) is 9.88 Å². The van der Waals surface area contributed by atoms with Crippen molar-refractivity contribution in [2.45, 2.75) is 64.0 Å². The van der Waals surface area contributed by atoms with Crippen molar-refractivity contribution in [3.8, 4) is 0 Å². The molecule has 1 aliphatic heterocycles. The normalized spacial score (nSPS) is 25.2. The molecule has 0 spiro atoms. The van der Waals surface area contributed by atoms with Crippen molar-refractivity contribution >= 4 is 12.1 Å². The van der Waals surface area contributed by atoms with E-state index >= 15 is 0 Å². The number of oxazole rings is 1. The zero-order valence-electron chi connectivity index (χ0n) is 12.9. The van der Waals surface area contributed by atoms with Gasteiger partial charge in [0.1, 0.15) is 11.4 Å². The fourth-order valence-electron chi connectivity index (χ4n) is 3.40. The molecule has 2 unspecified atom stereocenters. The monoisotopic (exact) mass is 293 g/mol. The molecule has 21 heavy (non-hydrogen) atoms. The van der Waals surface area contributed by atoms with Crippen LogP contribution in [0.2, 0.25) is 0 Å². The van der Waals surface area contributed by atoms with E-state index < -0.39 is 5.60 Å². The molecule has 1 aliphatic carbocycles. The van der Waals surface area contributed by atoms with E-state index in [2.05, 4.69) is 4.98 Å². The summed E-state index contributed by atoms with van der Waals surface area (Å²) in [5.74, 6) is 1.07. The van der Waals surface area contributed by atoms with Crippen LogP contribution in [0.5, 0.6) is 0 Å². The highest BCUT2D eigenvalue weighted by atomic mass is 16.6. The number of hydrogen-bond donors (Lipinski definition) is 1. The van der Waals surface area contributed by atoms with Gasteiger partial charge < -0.3 is 19.8 Å². The Morgan fingerprint density at radius 3 is 2.90 bits per heavy atom. The molecule has 0 radical (unpaired) electrons. The summed E-state index contributed by atoms with van der Waals surface area (Å²) in [6, 6.07) is 0.364. The largest absolute Gasteiger partial charge is 0.444 e. The number of nitrogens with zero attached hydrogens (tertiary/aromatic N) is 2. The van der Waals surface area contributed by atoms with Gasteiger partial charge in [0.25, 0.3) is 6.01 Å². The number of amides is 1. The van der Waals surface area contributed by atoms with Crippen LogP contribution in [0.25, 0.3) is 0 Å². The van der Waals surface area contributed by atoms with E-state index in [0.717, 1.165) is 43.7 Å². The number of ether oxygens (including phenoxy) is 1. The van der Waals surface area contributed by atoms with Crippen LogP contribution in [0.1, 0.15) is 57.4 Å². The van der Waals surface area contributed by atoms with Gasteiger partial charge >= 0.3 is 6.09 Å². The van der Waals surface area contributed by atoms with Crippen LogP contribution in [0, 0.1) is 0 Å². The average Bonchev–Trinajstić information content (AvgIpc) is 2.76. The lowest BCUT2D eigenvalue weighted by molar-refractivity contribution is 0.00277. The minimum absolute atomic E-state index is 0.133. The van der Waals surface area contributed by atoms with Crippen LogP contribution < -0.4 is 5.73 Å². The summed E-state index contributed by atoms with van der Waals surface area (Å²) in [5, 5.41) is 0. The summed E-state index contributed by atoms with van der Waals surface area (Å²) in [4.78, 5) is 18.5. The molecule has 2 atom stereocenters. The van der Waals surface area contributed by atoms with Crippen LogP contribution >= 0.6 is 0 Å². The van der Waals surface area contributed by atoms with Crippen molar-refractivity contribution in [3.63, 3.8) is 0 Å². The highest BCUT2D eigenvalue weighted by Gasteiger charge is 2.42. The third kappa shape index (κ3) is 2.71. The summed E-state index contributed by atoms with van der Waals surface area (Å²) in [7, 11) is 0. The molecule has 2 N–H and O–H groups in total. The van der Waals surface area contributed by atoms with E-state index in [1.807, 2.05) is 25.7 Å². The van der Waals surface area contributed by atoms with Crippen LogP contribution in [0.15, 0.2) is 4.42 Å². The maximum absolute atomic E-state index is 12.4. The van der Waals surface area contributed by atoms with Gasteiger partial charge in [0.2, 0.25) is 0 Å². The summed E-state index contributed by atoms with van der Waals surface area (Å²) in [5.41, 5.74) is 6.16. The molecule has 0 saturated carbocycles. The smallest absolute Gasteiger partial charge is 0.410 e. The molecule has 1 amide bonds. The molecule has 0 bridgehead atoms. The Hall–Kier alpha value is -1.72. The third-order valence-electron chi connectivity index (χ3n) is 4.16. The molecule has 6 nitrogen and oxygen atoms in total. The fourth-order valence-corrected chi connectivity index (χ4v) is 3.40. The molecule has 116 valence electrons. The summed E-state index contributed by atoms with van der Waals surface area (Å²) in [6.45, 7) is 6.42. The predicted octanol–water partition coefficient (Wildman–Crippen LogP) is 2.69. The van der Waals surface area contributed by atoms with Crippen molar-refractivity contribution in [3.05, 3.63) is 11.5 Å². The topological polar surface area (TPSA) is 81.6 Å². The Balaban J connectivity index is 1.82. The number of likely N-dealkylation sites (tertiary alicyclic amines) is 1. The van der Waals surface area contributed by atoms with Gasteiger partial charge in [-0.2, -0.15) is 4.98 Å². The first-order valence-corrected chi connectivity index (χ1v) is 7.60. The zero-order chi connectivity index (χ0) is 15.2. The highest BCUT2D eigenvalue weighted by molar-refractivity contribution is 5.69. The second-order valence-corrected chi connectivity index (χ2v) is 6.89. The Labute approximate surface area is 124 Å². The first-order valence-electron chi connectivity index (χ1n) is 7.60. The molecule has 1 fully saturated rings. The van der Waals surface area contributed by atoms with E-state index in [-0.39, 0.29) is 24.1 Å². The van der Waals surface area contributed by atoms with Crippen molar-refractivity contribution < 1.29 is 13.9 Å². The number of nitrogens with two attached hydrogens (primary N) is 1. The van der Waals surface area contributed by atoms with Gasteiger partial charge in [-0.15, -0.1) is 0 Å². The number of fused-ring (bicyclic) bond motifs is 3. The fraction of sp³-hybridized carbons (Fsp3) is 0.733. The van der Waals surface area contributed by atoms with Crippen LogP contribution in [0.4, 0.5) is 10.8 Å². The van der Waals surface area contributed by atoms with Gasteiger partial charge in [-0.3, -0.25) is 0 Å². The lowest BCUT2D eigenvalue weighted by atomic mass is 9.79. The van der Waals surface area contributed by atoms with Gasteiger partial charge in [-0.05, 0) is 46.5 Å². The molecule has 3 rings (SSSR count). The number of rotatable bonds is 0. The molecule has 2 heterocycles. The predicted molar refractivity (Wildman–Crippen MR) is 77.9 cm³/mol. The average molecular weight is 293 g/mol. The summed E-state index contributed by atoms with van der Waals surface area (Å²) >= 11 is 0. The van der Waals surface area contributed by atoms with Crippen molar-refractivity contribution in [2.24, 2.45) is 0 Å². The minimum atomic E-state index is -0.472.